The molecule has 11 heteroatoms. The lowest BCUT2D eigenvalue weighted by atomic mass is 9.83. The van der Waals surface area contributed by atoms with Crippen LogP contribution in [0.15, 0.2) is 41.5 Å². The van der Waals surface area contributed by atoms with E-state index in [1.165, 1.54) is 51.2 Å². The summed E-state index contributed by atoms with van der Waals surface area (Å²) < 4.78 is 43.3. The molecule has 4 N–H and O–H groups in total. The molecule has 0 bridgehead atoms. The van der Waals surface area contributed by atoms with E-state index in [1.807, 2.05) is 0 Å². The zero-order chi connectivity index (χ0) is 23.7. The molecule has 1 aliphatic carbocycles. The number of nitrogens with two attached hydrogens (primary N) is 1. The van der Waals surface area contributed by atoms with Crippen molar-refractivity contribution in [2.75, 3.05) is 5.32 Å². The fourth-order valence-electron chi connectivity index (χ4n) is 4.54. The Balaban J connectivity index is 1.74. The lowest BCUT2D eigenvalue weighted by molar-refractivity contribution is 0.0124. The highest BCUT2D eigenvalue weighted by Crippen LogP contribution is 2.77. The van der Waals surface area contributed by atoms with Gasteiger partial charge in [-0.15, -0.1) is 0 Å². The Morgan fingerprint density at radius 1 is 1.31 bits per heavy atom. The summed E-state index contributed by atoms with van der Waals surface area (Å²) in [5.41, 5.74) is 2.34. The maximum atomic E-state index is 15.2. The summed E-state index contributed by atoms with van der Waals surface area (Å²) in [7, 11) is 0. The van der Waals surface area contributed by atoms with Crippen molar-refractivity contribution >= 4 is 40.1 Å². The van der Waals surface area contributed by atoms with Gasteiger partial charge in [0, 0.05) is 17.4 Å². The van der Waals surface area contributed by atoms with Gasteiger partial charge in [-0.1, -0.05) is 23.4 Å². The van der Waals surface area contributed by atoms with Crippen molar-refractivity contribution in [1.29, 1.82) is 0 Å². The Bertz CT molecular complexity index is 1140. The molecule has 0 spiro atoms. The molecule has 1 amide bonds. The number of hydrogen-bond donors (Lipinski definition) is 3. The van der Waals surface area contributed by atoms with Crippen LogP contribution in [0, 0.1) is 11.7 Å². The van der Waals surface area contributed by atoms with Gasteiger partial charge in [0.05, 0.1) is 22.1 Å². The van der Waals surface area contributed by atoms with Gasteiger partial charge < -0.3 is 16.2 Å². The molecular formula is C21H20ClF3N4O2S. The van der Waals surface area contributed by atoms with Gasteiger partial charge in [-0.05, 0) is 51.1 Å². The average molecular weight is 485 g/mol. The maximum Gasteiger partial charge on any atom is 0.274 e. The van der Waals surface area contributed by atoms with Crippen molar-refractivity contribution in [3.05, 3.63) is 58.6 Å². The number of thioether (sulfide) groups is 1. The number of aromatic nitrogens is 1. The fraction of sp³-hybridized carbons (Fsp3) is 0.381. The molecule has 32 heavy (non-hydrogen) atoms. The van der Waals surface area contributed by atoms with Crippen LogP contribution in [0.5, 0.6) is 0 Å². The number of carbonyl (C=O) groups is 1. The highest BCUT2D eigenvalue weighted by Gasteiger charge is 2.91. The van der Waals surface area contributed by atoms with Crippen LogP contribution in [0.4, 0.5) is 18.9 Å². The Morgan fingerprint density at radius 3 is 2.59 bits per heavy atom. The Hall–Kier alpha value is -2.30. The van der Waals surface area contributed by atoms with E-state index in [0.29, 0.717) is 16.8 Å². The Labute approximate surface area is 191 Å². The third kappa shape index (κ3) is 3.19. The Kier molecular flexibility index (Phi) is 5.07. The number of carbonyl (C=O) groups excluding carboxylic acids is 1. The summed E-state index contributed by atoms with van der Waals surface area (Å²) in [6, 6.07) is 6.51. The molecule has 2 aliphatic rings. The van der Waals surface area contributed by atoms with Gasteiger partial charge >= 0.3 is 0 Å². The van der Waals surface area contributed by atoms with Gasteiger partial charge in [-0.3, -0.25) is 9.79 Å². The van der Waals surface area contributed by atoms with Crippen molar-refractivity contribution in [3.63, 3.8) is 0 Å². The molecule has 0 saturated heterocycles. The van der Waals surface area contributed by atoms with E-state index in [1.54, 1.807) is 0 Å². The van der Waals surface area contributed by atoms with Crippen LogP contribution in [-0.4, -0.2) is 37.4 Å². The van der Waals surface area contributed by atoms with Crippen molar-refractivity contribution in [2.24, 2.45) is 16.6 Å². The second kappa shape index (κ2) is 7.10. The number of rotatable bonds is 4. The quantitative estimate of drug-likeness (QED) is 0.604. The second-order valence-corrected chi connectivity index (χ2v) is 10.3. The van der Waals surface area contributed by atoms with E-state index in [-0.39, 0.29) is 22.1 Å². The highest BCUT2D eigenvalue weighted by molar-refractivity contribution is 8.15. The number of nitrogens with one attached hydrogen (secondary N) is 1. The molecule has 0 radical (unpaired) electrons. The van der Waals surface area contributed by atoms with Crippen LogP contribution >= 0.6 is 23.4 Å². The number of halogens is 4. The SMILES string of the molecule is CC(C)(O)[C@@]12SC(N)=N[C@](C)(c3cc(NC(=O)c4ccc(Cl)cn4)ccc3F)[C@@H]1C2(F)F. The van der Waals surface area contributed by atoms with Gasteiger partial charge in [0.15, 0.2) is 5.17 Å². The fourth-order valence-corrected chi connectivity index (χ4v) is 6.15. The van der Waals surface area contributed by atoms with Crippen molar-refractivity contribution < 1.29 is 23.1 Å². The number of aliphatic hydroxyl groups is 1. The topological polar surface area (TPSA) is 101 Å². The lowest BCUT2D eigenvalue weighted by Gasteiger charge is -2.37. The summed E-state index contributed by atoms with van der Waals surface area (Å²) in [6.07, 6.45) is 1.30. The number of fused-ring (bicyclic) bond motifs is 1. The molecule has 3 atom stereocenters. The first kappa shape index (κ1) is 22.9. The largest absolute Gasteiger partial charge is 0.389 e. The van der Waals surface area contributed by atoms with Crippen LogP contribution in [0.2, 0.25) is 5.02 Å². The average Bonchev–Trinajstić information content (AvgIpc) is 3.21. The van der Waals surface area contributed by atoms with Crippen LogP contribution < -0.4 is 11.1 Å². The van der Waals surface area contributed by atoms with Gasteiger partial charge in [-0.2, -0.15) is 0 Å². The van der Waals surface area contributed by atoms with Crippen LogP contribution in [-0.2, 0) is 5.54 Å². The van der Waals surface area contributed by atoms with E-state index >= 15 is 8.78 Å². The lowest BCUT2D eigenvalue weighted by Crippen LogP contribution is -2.47. The molecule has 1 aliphatic heterocycles. The predicted octanol–water partition coefficient (Wildman–Crippen LogP) is 4.18. The number of pyridine rings is 1. The number of benzene rings is 1. The number of amides is 1. The summed E-state index contributed by atoms with van der Waals surface area (Å²) in [5, 5.41) is 13.3. The predicted molar refractivity (Wildman–Crippen MR) is 118 cm³/mol. The first-order valence-electron chi connectivity index (χ1n) is 9.61. The minimum absolute atomic E-state index is 0.0672. The molecule has 2 heterocycles. The molecule has 1 aromatic heterocycles. The number of amidine groups is 1. The molecule has 6 nitrogen and oxygen atoms in total. The van der Waals surface area contributed by atoms with Crippen LogP contribution in [0.1, 0.15) is 36.8 Å². The molecular weight excluding hydrogens is 465 g/mol. The monoisotopic (exact) mass is 484 g/mol. The molecule has 2 aromatic rings. The van der Waals surface area contributed by atoms with E-state index in [9.17, 15) is 14.3 Å². The number of nitrogens with zero attached hydrogens (tertiary/aromatic N) is 2. The van der Waals surface area contributed by atoms with Crippen LogP contribution in [0.3, 0.4) is 0 Å². The van der Waals surface area contributed by atoms with E-state index in [2.05, 4.69) is 15.3 Å². The summed E-state index contributed by atoms with van der Waals surface area (Å²) in [4.78, 5) is 20.6. The minimum atomic E-state index is -3.37. The van der Waals surface area contributed by atoms with E-state index in [0.717, 1.165) is 6.07 Å². The number of anilines is 1. The molecule has 4 rings (SSSR count). The molecule has 1 aromatic carbocycles. The Morgan fingerprint density at radius 2 is 2.00 bits per heavy atom. The third-order valence-electron chi connectivity index (χ3n) is 5.99. The molecule has 1 saturated carbocycles. The van der Waals surface area contributed by atoms with E-state index < -0.39 is 39.5 Å². The maximum absolute atomic E-state index is 15.2. The first-order valence-corrected chi connectivity index (χ1v) is 10.8. The van der Waals surface area contributed by atoms with Crippen LogP contribution in [0.25, 0.3) is 0 Å². The van der Waals surface area contributed by atoms with E-state index in [4.69, 9.17) is 17.3 Å². The standard InChI is InChI=1S/C21H20ClF3N4O2S/c1-18(2,31)20-16(21(20,24)25)19(3,29-17(26)32-20)12-8-11(5-6-13(12)23)28-15(30)14-7-4-10(22)9-27-14/h4-9,16,31H,1-3H3,(H2,26,29)(H,28,30)/t16-,19+,20-/m0/s1. The van der Waals surface area contributed by atoms with Gasteiger partial charge in [0.25, 0.3) is 11.8 Å². The van der Waals surface area contributed by atoms with Crippen molar-refractivity contribution in [2.45, 2.75) is 42.6 Å². The normalized spacial score (nSPS) is 28.5. The smallest absolute Gasteiger partial charge is 0.274 e. The first-order chi connectivity index (χ1) is 14.7. The van der Waals surface area contributed by atoms with Gasteiger partial charge in [-0.25, -0.2) is 18.2 Å². The number of alkyl halides is 2. The highest BCUT2D eigenvalue weighted by atomic mass is 35.5. The molecule has 170 valence electrons. The summed E-state index contributed by atoms with van der Waals surface area (Å²) in [6.45, 7) is 3.91. The number of aliphatic imine (C=N–C) groups is 1. The molecule has 0 unspecified atom stereocenters. The van der Waals surface area contributed by atoms with Gasteiger partial charge in [0.2, 0.25) is 0 Å². The zero-order valence-corrected chi connectivity index (χ0v) is 18.9. The minimum Gasteiger partial charge on any atom is -0.389 e. The summed E-state index contributed by atoms with van der Waals surface area (Å²) in [5.74, 6) is -6.26. The second-order valence-electron chi connectivity index (χ2n) is 8.56. The number of hydrogen-bond acceptors (Lipinski definition) is 6. The summed E-state index contributed by atoms with van der Waals surface area (Å²) >= 11 is 6.38. The van der Waals surface area contributed by atoms with Gasteiger partial charge in [0.1, 0.15) is 16.3 Å². The third-order valence-corrected chi connectivity index (χ3v) is 7.84. The van der Waals surface area contributed by atoms with Crippen molar-refractivity contribution in [3.8, 4) is 0 Å². The zero-order valence-electron chi connectivity index (χ0n) is 17.3. The molecule has 1 fully saturated rings. The van der Waals surface area contributed by atoms with Crippen molar-refractivity contribution in [1.82, 2.24) is 4.98 Å².